The van der Waals surface area contributed by atoms with Gasteiger partial charge in [0, 0.05) is 30.5 Å². The molecule has 1 heterocycles. The smallest absolute Gasteiger partial charge is 0.226 e. The van der Waals surface area contributed by atoms with E-state index >= 15 is 0 Å². The number of pyridine rings is 1. The van der Waals surface area contributed by atoms with Gasteiger partial charge in [-0.25, -0.2) is 0 Å². The Labute approximate surface area is 92.3 Å². The van der Waals surface area contributed by atoms with Gasteiger partial charge in [0.2, 0.25) is 5.91 Å². The molecule has 0 fully saturated rings. The molecule has 14 heavy (non-hydrogen) atoms. The van der Waals surface area contributed by atoms with Gasteiger partial charge in [-0.1, -0.05) is 0 Å². The number of halogens is 1. The second-order valence-electron chi connectivity index (χ2n) is 3.10. The lowest BCUT2D eigenvalue weighted by Crippen LogP contribution is -2.27. The van der Waals surface area contributed by atoms with Crippen molar-refractivity contribution >= 4 is 21.8 Å². The van der Waals surface area contributed by atoms with Crippen LogP contribution >= 0.6 is 15.9 Å². The van der Waals surface area contributed by atoms with E-state index in [1.807, 2.05) is 13.0 Å². The van der Waals surface area contributed by atoms with Crippen LogP contribution in [0.3, 0.4) is 0 Å². The van der Waals surface area contributed by atoms with Gasteiger partial charge in [0.25, 0.3) is 0 Å². The van der Waals surface area contributed by atoms with Crippen LogP contribution < -0.4 is 0 Å². The van der Waals surface area contributed by atoms with Crippen LogP contribution in [0.15, 0.2) is 22.9 Å². The standard InChI is InChI=1S/C10H13BrN2O/c1-3-13(2)10(14)5-8-4-9(11)7-12-6-8/h4,6-7H,3,5H2,1-2H3. The van der Waals surface area contributed by atoms with Crippen molar-refractivity contribution in [1.82, 2.24) is 9.88 Å². The monoisotopic (exact) mass is 256 g/mol. The number of carbonyl (C=O) groups excluding carboxylic acids is 1. The van der Waals surface area contributed by atoms with Crippen molar-refractivity contribution < 1.29 is 4.79 Å². The minimum atomic E-state index is 0.118. The number of rotatable bonds is 3. The number of hydrogen-bond donors (Lipinski definition) is 0. The summed E-state index contributed by atoms with van der Waals surface area (Å²) in [6.45, 7) is 2.69. The third-order valence-corrected chi connectivity index (χ3v) is 2.45. The van der Waals surface area contributed by atoms with Gasteiger partial charge in [-0.3, -0.25) is 9.78 Å². The SMILES string of the molecule is CCN(C)C(=O)Cc1cncc(Br)c1. The van der Waals surface area contributed by atoms with E-state index in [0.29, 0.717) is 6.42 Å². The highest BCUT2D eigenvalue weighted by atomic mass is 79.9. The van der Waals surface area contributed by atoms with Gasteiger partial charge in [0.15, 0.2) is 0 Å². The first-order valence-electron chi connectivity index (χ1n) is 4.47. The second kappa shape index (κ2) is 5.10. The van der Waals surface area contributed by atoms with E-state index in [2.05, 4.69) is 20.9 Å². The number of likely N-dealkylation sites (N-methyl/N-ethyl adjacent to an activating group) is 1. The number of hydrogen-bond acceptors (Lipinski definition) is 2. The molecule has 0 spiro atoms. The van der Waals surface area contributed by atoms with E-state index in [4.69, 9.17) is 0 Å². The average Bonchev–Trinajstić information content (AvgIpc) is 2.16. The fraction of sp³-hybridized carbons (Fsp3) is 0.400. The molecule has 0 aliphatic carbocycles. The van der Waals surface area contributed by atoms with Crippen molar-refractivity contribution in [2.45, 2.75) is 13.3 Å². The molecular weight excluding hydrogens is 244 g/mol. The van der Waals surface area contributed by atoms with E-state index in [1.165, 1.54) is 0 Å². The van der Waals surface area contributed by atoms with Crippen molar-refractivity contribution in [2.24, 2.45) is 0 Å². The molecule has 0 bridgehead atoms. The number of nitrogens with zero attached hydrogens (tertiary/aromatic N) is 2. The molecule has 0 N–H and O–H groups in total. The van der Waals surface area contributed by atoms with Crippen LogP contribution in [0.25, 0.3) is 0 Å². The third-order valence-electron chi connectivity index (χ3n) is 2.02. The zero-order chi connectivity index (χ0) is 10.6. The Hall–Kier alpha value is -0.900. The van der Waals surface area contributed by atoms with E-state index in [9.17, 15) is 4.79 Å². The lowest BCUT2D eigenvalue weighted by atomic mass is 10.2. The zero-order valence-corrected chi connectivity index (χ0v) is 9.91. The van der Waals surface area contributed by atoms with Gasteiger partial charge >= 0.3 is 0 Å². The summed E-state index contributed by atoms with van der Waals surface area (Å²) in [6, 6.07) is 1.91. The van der Waals surface area contributed by atoms with Crippen molar-refractivity contribution in [3.8, 4) is 0 Å². The molecule has 0 aliphatic rings. The predicted molar refractivity (Wildman–Crippen MR) is 59.0 cm³/mol. The Morgan fingerprint density at radius 3 is 2.86 bits per heavy atom. The van der Waals surface area contributed by atoms with Gasteiger partial charge < -0.3 is 4.90 Å². The molecule has 1 amide bonds. The van der Waals surface area contributed by atoms with Gasteiger partial charge in [-0.05, 0) is 34.5 Å². The summed E-state index contributed by atoms with van der Waals surface area (Å²) in [7, 11) is 1.80. The maximum atomic E-state index is 11.5. The minimum Gasteiger partial charge on any atom is -0.346 e. The highest BCUT2D eigenvalue weighted by Gasteiger charge is 2.07. The quantitative estimate of drug-likeness (QED) is 0.828. The summed E-state index contributed by atoms with van der Waals surface area (Å²) >= 11 is 3.32. The Morgan fingerprint density at radius 1 is 1.57 bits per heavy atom. The van der Waals surface area contributed by atoms with Gasteiger partial charge in [-0.2, -0.15) is 0 Å². The highest BCUT2D eigenvalue weighted by molar-refractivity contribution is 9.10. The van der Waals surface area contributed by atoms with E-state index in [-0.39, 0.29) is 5.91 Å². The van der Waals surface area contributed by atoms with E-state index < -0.39 is 0 Å². The second-order valence-corrected chi connectivity index (χ2v) is 4.01. The molecule has 3 nitrogen and oxygen atoms in total. The fourth-order valence-electron chi connectivity index (χ4n) is 1.04. The summed E-state index contributed by atoms with van der Waals surface area (Å²) in [6.07, 6.45) is 3.83. The summed E-state index contributed by atoms with van der Waals surface area (Å²) in [5, 5.41) is 0. The van der Waals surface area contributed by atoms with Crippen LogP contribution in [-0.4, -0.2) is 29.4 Å². The summed E-state index contributed by atoms with van der Waals surface area (Å²) in [5.74, 6) is 0.118. The molecule has 0 saturated carbocycles. The predicted octanol–water partition coefficient (Wildman–Crippen LogP) is 1.86. The maximum absolute atomic E-state index is 11.5. The van der Waals surface area contributed by atoms with Gasteiger partial charge in [-0.15, -0.1) is 0 Å². The number of amides is 1. The van der Waals surface area contributed by atoms with Crippen molar-refractivity contribution in [1.29, 1.82) is 0 Å². The molecule has 1 aromatic rings. The first-order chi connectivity index (χ1) is 6.63. The topological polar surface area (TPSA) is 33.2 Å². The molecule has 0 aliphatic heterocycles. The summed E-state index contributed by atoms with van der Waals surface area (Å²) < 4.78 is 0.905. The van der Waals surface area contributed by atoms with Crippen LogP contribution in [0.5, 0.6) is 0 Å². The molecular formula is C10H13BrN2O. The molecule has 0 aromatic carbocycles. The van der Waals surface area contributed by atoms with Crippen molar-refractivity contribution in [3.63, 3.8) is 0 Å². The molecule has 1 aromatic heterocycles. The van der Waals surface area contributed by atoms with Gasteiger partial charge in [0.05, 0.1) is 6.42 Å². The largest absolute Gasteiger partial charge is 0.346 e. The molecule has 76 valence electrons. The van der Waals surface area contributed by atoms with Crippen molar-refractivity contribution in [3.05, 3.63) is 28.5 Å². The van der Waals surface area contributed by atoms with Crippen LogP contribution in [-0.2, 0) is 11.2 Å². The summed E-state index contributed by atoms with van der Waals surface area (Å²) in [5.41, 5.74) is 0.935. The van der Waals surface area contributed by atoms with E-state index in [1.54, 1.807) is 24.3 Å². The molecule has 4 heteroatoms. The van der Waals surface area contributed by atoms with Crippen LogP contribution in [0.2, 0.25) is 0 Å². The Balaban J connectivity index is 2.65. The third kappa shape index (κ3) is 3.10. The molecule has 0 saturated heterocycles. The molecule has 1 rings (SSSR count). The fourth-order valence-corrected chi connectivity index (χ4v) is 1.45. The number of aromatic nitrogens is 1. The van der Waals surface area contributed by atoms with E-state index in [0.717, 1.165) is 16.6 Å². The highest BCUT2D eigenvalue weighted by Crippen LogP contribution is 2.10. The molecule has 0 radical (unpaired) electrons. The molecule has 0 unspecified atom stereocenters. The Morgan fingerprint density at radius 2 is 2.29 bits per heavy atom. The minimum absolute atomic E-state index is 0.118. The lowest BCUT2D eigenvalue weighted by Gasteiger charge is -2.13. The maximum Gasteiger partial charge on any atom is 0.226 e. The lowest BCUT2D eigenvalue weighted by molar-refractivity contribution is -0.128. The van der Waals surface area contributed by atoms with Crippen molar-refractivity contribution in [2.75, 3.05) is 13.6 Å². The first-order valence-corrected chi connectivity index (χ1v) is 5.26. The zero-order valence-electron chi connectivity index (χ0n) is 8.33. The summed E-state index contributed by atoms with van der Waals surface area (Å²) in [4.78, 5) is 17.2. The average molecular weight is 257 g/mol. The normalized spacial score (nSPS) is 9.93. The number of carbonyl (C=O) groups is 1. The van der Waals surface area contributed by atoms with Gasteiger partial charge in [0.1, 0.15) is 0 Å². The van der Waals surface area contributed by atoms with Crippen LogP contribution in [0.4, 0.5) is 0 Å². The molecule has 0 atom stereocenters. The Kier molecular flexibility index (Phi) is 4.07. The van der Waals surface area contributed by atoms with Crippen LogP contribution in [0, 0.1) is 0 Å². The van der Waals surface area contributed by atoms with Crippen LogP contribution in [0.1, 0.15) is 12.5 Å². The first kappa shape index (κ1) is 11.2. The Bertz CT molecular complexity index is 328.